The largest absolute Gasteiger partial charge is 0.504 e. The molecule has 5 nitrogen and oxygen atoms in total. The monoisotopic (exact) mass is 236 g/mol. The minimum atomic E-state index is -0.661. The summed E-state index contributed by atoms with van der Waals surface area (Å²) in [5, 5.41) is 28.0. The minimum Gasteiger partial charge on any atom is -0.504 e. The van der Waals surface area contributed by atoms with Gasteiger partial charge in [-0.25, -0.2) is 0 Å². The van der Waals surface area contributed by atoms with E-state index in [0.29, 0.717) is 0 Å². The molecule has 0 aliphatic carbocycles. The van der Waals surface area contributed by atoms with E-state index >= 15 is 0 Å². The second-order valence-electron chi connectivity index (χ2n) is 2.88. The molecular weight excluding hydrogens is 224 g/mol. The highest BCUT2D eigenvalue weighted by molar-refractivity contribution is 5.29. The van der Waals surface area contributed by atoms with Gasteiger partial charge in [-0.2, -0.15) is 0 Å². The summed E-state index contributed by atoms with van der Waals surface area (Å²) in [5.74, 6) is -1.68. The van der Waals surface area contributed by atoms with E-state index in [2.05, 4.69) is 9.78 Å². The van der Waals surface area contributed by atoms with Gasteiger partial charge in [0.2, 0.25) is 0 Å². The molecule has 0 atom stereocenters. The van der Waals surface area contributed by atoms with E-state index in [-0.39, 0.29) is 0 Å². The summed E-state index contributed by atoms with van der Waals surface area (Å²) < 4.78 is 0. The number of aliphatic hydroxyl groups excluding tert-OH is 3. The zero-order valence-electron chi connectivity index (χ0n) is 8.85. The van der Waals surface area contributed by atoms with Crippen molar-refractivity contribution in [2.24, 2.45) is 0 Å². The van der Waals surface area contributed by atoms with E-state index in [1.54, 1.807) is 24.3 Å². The first-order valence-electron chi connectivity index (χ1n) is 4.72. The predicted molar refractivity (Wildman–Crippen MR) is 61.7 cm³/mol. The molecule has 0 radical (unpaired) electrons. The second-order valence-corrected chi connectivity index (χ2v) is 2.88. The molecule has 0 amide bonds. The molecule has 0 saturated carbocycles. The molecule has 1 aliphatic heterocycles. The highest BCUT2D eigenvalue weighted by Crippen LogP contribution is 2.09. The summed E-state index contributed by atoms with van der Waals surface area (Å²) in [6, 6.07) is 0. The lowest BCUT2D eigenvalue weighted by molar-refractivity contribution is -0.195. The zero-order chi connectivity index (χ0) is 12.5. The Balaban J connectivity index is 2.95. The maximum Gasteiger partial charge on any atom is 0.200 e. The number of aliphatic hydroxyl groups is 3. The first kappa shape index (κ1) is 12.5. The molecule has 17 heavy (non-hydrogen) atoms. The van der Waals surface area contributed by atoms with Gasteiger partial charge in [0.15, 0.2) is 17.3 Å². The first-order chi connectivity index (χ1) is 8.22. The van der Waals surface area contributed by atoms with Gasteiger partial charge in [-0.1, -0.05) is 24.3 Å². The van der Waals surface area contributed by atoms with Crippen LogP contribution in [0.5, 0.6) is 0 Å². The van der Waals surface area contributed by atoms with Gasteiger partial charge >= 0.3 is 0 Å². The summed E-state index contributed by atoms with van der Waals surface area (Å²) in [7, 11) is 0. The van der Waals surface area contributed by atoms with E-state index in [4.69, 9.17) is 0 Å². The van der Waals surface area contributed by atoms with Crippen molar-refractivity contribution in [1.82, 2.24) is 0 Å². The Labute approximate surface area is 98.1 Å². The highest BCUT2D eigenvalue weighted by atomic mass is 17.2. The van der Waals surface area contributed by atoms with Gasteiger partial charge in [0.25, 0.3) is 0 Å². The molecular formula is C12H12O5. The maximum absolute atomic E-state index is 9.36. The van der Waals surface area contributed by atoms with Gasteiger partial charge in [-0.05, 0) is 12.2 Å². The molecule has 0 aromatic rings. The molecule has 0 bridgehead atoms. The lowest BCUT2D eigenvalue weighted by atomic mass is 10.3. The predicted octanol–water partition coefficient (Wildman–Crippen LogP) is 2.86. The number of hydrogen-bond acceptors (Lipinski definition) is 5. The van der Waals surface area contributed by atoms with Crippen LogP contribution in [0.3, 0.4) is 0 Å². The first-order valence-corrected chi connectivity index (χ1v) is 4.72. The Morgan fingerprint density at radius 1 is 0.765 bits per heavy atom. The Bertz CT molecular complexity index is 424. The average Bonchev–Trinajstić information content (AvgIpc) is 2.33. The van der Waals surface area contributed by atoms with Crippen molar-refractivity contribution in [2.45, 2.75) is 0 Å². The van der Waals surface area contributed by atoms with Crippen LogP contribution in [0.15, 0.2) is 72.3 Å². The van der Waals surface area contributed by atoms with Gasteiger partial charge in [-0.3, -0.25) is 9.78 Å². The fourth-order valence-corrected chi connectivity index (χ4v) is 0.862. The molecule has 1 rings (SSSR count). The fourth-order valence-electron chi connectivity index (χ4n) is 0.862. The Kier molecular flexibility index (Phi) is 5.03. The number of allylic oxidation sites excluding steroid dienone is 7. The third-order valence-corrected chi connectivity index (χ3v) is 1.65. The van der Waals surface area contributed by atoms with Crippen molar-refractivity contribution < 1.29 is 25.1 Å². The van der Waals surface area contributed by atoms with Gasteiger partial charge in [-0.15, -0.1) is 0 Å². The maximum atomic E-state index is 9.36. The van der Waals surface area contributed by atoms with Crippen LogP contribution < -0.4 is 0 Å². The van der Waals surface area contributed by atoms with Crippen LogP contribution in [-0.4, -0.2) is 15.3 Å². The van der Waals surface area contributed by atoms with E-state index in [0.717, 1.165) is 12.3 Å². The summed E-state index contributed by atoms with van der Waals surface area (Å²) >= 11 is 0. The van der Waals surface area contributed by atoms with E-state index in [1.807, 2.05) is 0 Å². The van der Waals surface area contributed by atoms with Gasteiger partial charge < -0.3 is 15.3 Å². The minimum absolute atomic E-state index is 0.467. The quantitative estimate of drug-likeness (QED) is 0.563. The van der Waals surface area contributed by atoms with Crippen LogP contribution >= 0.6 is 0 Å². The summed E-state index contributed by atoms with van der Waals surface area (Å²) in [6.45, 7) is 0. The van der Waals surface area contributed by atoms with Crippen molar-refractivity contribution in [2.75, 3.05) is 0 Å². The third-order valence-electron chi connectivity index (χ3n) is 1.65. The standard InChI is InChI=1S/C12H12O5/c13-10-6-4-2-1-3-5-8-16-17-9-7-11(14)12(10)15/h1-9,13-15H/b3-1+,4-2-,8-5-,9-7+,10-6?,12-11?. The number of hydrogen-bond donors (Lipinski definition) is 3. The molecule has 5 heteroatoms. The van der Waals surface area contributed by atoms with Crippen LogP contribution in [0, 0.1) is 0 Å². The van der Waals surface area contributed by atoms with E-state index < -0.39 is 17.3 Å². The van der Waals surface area contributed by atoms with Crippen LogP contribution in [0.2, 0.25) is 0 Å². The van der Waals surface area contributed by atoms with Gasteiger partial charge in [0.05, 0.1) is 0 Å². The molecule has 1 aliphatic rings. The molecule has 0 spiro atoms. The lowest BCUT2D eigenvalue weighted by Gasteiger charge is -1.99. The Hall–Kier alpha value is -2.56. The molecule has 0 unspecified atom stereocenters. The molecule has 0 saturated heterocycles. The summed E-state index contributed by atoms with van der Waals surface area (Å²) in [6.07, 6.45) is 12.6. The Morgan fingerprint density at radius 2 is 1.41 bits per heavy atom. The topological polar surface area (TPSA) is 79.2 Å². The van der Waals surface area contributed by atoms with Crippen molar-refractivity contribution in [1.29, 1.82) is 0 Å². The normalized spacial score (nSPS) is 24.6. The highest BCUT2D eigenvalue weighted by Gasteiger charge is 2.05. The zero-order valence-corrected chi connectivity index (χ0v) is 8.85. The van der Waals surface area contributed by atoms with E-state index in [1.165, 1.54) is 18.4 Å². The van der Waals surface area contributed by atoms with Crippen molar-refractivity contribution in [3.63, 3.8) is 0 Å². The van der Waals surface area contributed by atoms with Crippen LogP contribution in [0.1, 0.15) is 0 Å². The van der Waals surface area contributed by atoms with Crippen LogP contribution in [0.25, 0.3) is 0 Å². The second kappa shape index (κ2) is 6.84. The molecule has 3 N–H and O–H groups in total. The molecule has 0 aromatic heterocycles. The SMILES string of the molecule is OC1=C\C=C/C=C/C=C\OO/C=C/C(O)=C1O. The summed E-state index contributed by atoms with van der Waals surface area (Å²) in [4.78, 5) is 9.06. The molecule has 0 aromatic carbocycles. The van der Waals surface area contributed by atoms with Gasteiger partial charge in [0.1, 0.15) is 12.5 Å². The number of rotatable bonds is 0. The Morgan fingerprint density at radius 3 is 2.24 bits per heavy atom. The van der Waals surface area contributed by atoms with E-state index in [9.17, 15) is 15.3 Å². The molecule has 0 fully saturated rings. The molecule has 1 heterocycles. The lowest BCUT2D eigenvalue weighted by Crippen LogP contribution is -1.92. The van der Waals surface area contributed by atoms with Crippen LogP contribution in [-0.2, 0) is 9.78 Å². The van der Waals surface area contributed by atoms with Gasteiger partial charge in [0, 0.05) is 6.08 Å². The summed E-state index contributed by atoms with van der Waals surface area (Å²) in [5.41, 5.74) is 0. The van der Waals surface area contributed by atoms with Crippen molar-refractivity contribution in [3.05, 3.63) is 72.3 Å². The van der Waals surface area contributed by atoms with Crippen molar-refractivity contribution in [3.8, 4) is 0 Å². The van der Waals surface area contributed by atoms with Crippen LogP contribution in [0.4, 0.5) is 0 Å². The third kappa shape index (κ3) is 4.65. The van der Waals surface area contributed by atoms with Crippen molar-refractivity contribution >= 4 is 0 Å². The fraction of sp³-hybridized carbons (Fsp3) is 0. The average molecular weight is 236 g/mol. The molecule has 90 valence electrons. The smallest absolute Gasteiger partial charge is 0.200 e.